The fourth-order valence-electron chi connectivity index (χ4n) is 3.49. The molecule has 1 amide bonds. The van der Waals surface area contributed by atoms with Crippen molar-refractivity contribution >= 4 is 17.2 Å². The molecule has 1 N–H and O–H groups in total. The lowest BCUT2D eigenvalue weighted by atomic mass is 10.0. The van der Waals surface area contributed by atoms with Crippen LogP contribution in [0.1, 0.15) is 32.7 Å². The number of carbonyl (C=O) groups excluding carboxylic acids is 1. The topological polar surface area (TPSA) is 46.9 Å². The van der Waals surface area contributed by atoms with Crippen LogP contribution in [0.25, 0.3) is 11.1 Å². The molecule has 4 aromatic rings. The number of hydrogen-bond donors (Lipinski definition) is 1. The highest BCUT2D eigenvalue weighted by Crippen LogP contribution is 2.24. The third-order valence-corrected chi connectivity index (χ3v) is 5.90. The Hall–Kier alpha value is -3.18. The average molecular weight is 402 g/mol. The Morgan fingerprint density at radius 2 is 1.72 bits per heavy atom. The van der Waals surface area contributed by atoms with Gasteiger partial charge in [-0.2, -0.15) is 5.10 Å². The number of thiophene rings is 1. The van der Waals surface area contributed by atoms with Crippen molar-refractivity contribution in [2.24, 2.45) is 0 Å². The predicted octanol–water partition coefficient (Wildman–Crippen LogP) is 5.25. The smallest absolute Gasteiger partial charge is 0.251 e. The number of benzene rings is 2. The lowest BCUT2D eigenvalue weighted by Gasteiger charge is -2.19. The van der Waals surface area contributed by atoms with Crippen molar-refractivity contribution in [1.82, 2.24) is 15.1 Å². The molecule has 0 aliphatic rings. The van der Waals surface area contributed by atoms with E-state index in [0.29, 0.717) is 12.1 Å². The Morgan fingerprint density at radius 3 is 2.34 bits per heavy atom. The Morgan fingerprint density at radius 1 is 1.00 bits per heavy atom. The molecule has 4 rings (SSSR count). The summed E-state index contributed by atoms with van der Waals surface area (Å²) in [6.07, 6.45) is 0. The number of aryl methyl sites for hydroxylation is 2. The fraction of sp³-hybridized carbons (Fsp3) is 0.167. The number of carbonyl (C=O) groups is 1. The lowest BCUT2D eigenvalue weighted by Crippen LogP contribution is -2.31. The SMILES string of the molecule is Cc1cc(C)n(C(CNC(=O)c2ccc(-c3ccccc3)cc2)c2cccs2)n1. The van der Waals surface area contributed by atoms with Crippen molar-refractivity contribution in [3.05, 3.63) is 100 Å². The minimum atomic E-state index is -0.0762. The van der Waals surface area contributed by atoms with Crippen LogP contribution in [0.4, 0.5) is 0 Å². The third kappa shape index (κ3) is 4.30. The molecule has 0 fully saturated rings. The van der Waals surface area contributed by atoms with Crippen molar-refractivity contribution in [1.29, 1.82) is 0 Å². The molecule has 0 spiro atoms. The minimum absolute atomic E-state index is 0.0174. The predicted molar refractivity (Wildman–Crippen MR) is 118 cm³/mol. The summed E-state index contributed by atoms with van der Waals surface area (Å²) >= 11 is 1.68. The molecule has 1 unspecified atom stereocenters. The summed E-state index contributed by atoms with van der Waals surface area (Å²) in [4.78, 5) is 13.9. The van der Waals surface area contributed by atoms with E-state index < -0.39 is 0 Å². The quantitative estimate of drug-likeness (QED) is 0.480. The molecule has 0 radical (unpaired) electrons. The van der Waals surface area contributed by atoms with Gasteiger partial charge in [-0.3, -0.25) is 9.48 Å². The van der Waals surface area contributed by atoms with Crippen LogP contribution in [0.5, 0.6) is 0 Å². The highest BCUT2D eigenvalue weighted by molar-refractivity contribution is 7.10. The van der Waals surface area contributed by atoms with Crippen LogP contribution in [0.15, 0.2) is 78.2 Å². The van der Waals surface area contributed by atoms with E-state index in [1.165, 1.54) is 4.88 Å². The van der Waals surface area contributed by atoms with Gasteiger partial charge in [0.1, 0.15) is 6.04 Å². The van der Waals surface area contributed by atoms with Gasteiger partial charge in [0.05, 0.1) is 5.69 Å². The molecule has 0 aliphatic heterocycles. The minimum Gasteiger partial charge on any atom is -0.350 e. The van der Waals surface area contributed by atoms with Crippen LogP contribution >= 0.6 is 11.3 Å². The number of hydrogen-bond acceptors (Lipinski definition) is 3. The summed E-state index contributed by atoms with van der Waals surface area (Å²) in [5, 5.41) is 9.78. The standard InChI is InChI=1S/C24H23N3OS/c1-17-15-18(2)27(26-17)22(23-9-6-14-29-23)16-25-24(28)21-12-10-20(11-13-21)19-7-4-3-5-8-19/h3-15,22H,16H2,1-2H3,(H,25,28). The first-order valence-electron chi connectivity index (χ1n) is 9.61. The van der Waals surface area contributed by atoms with E-state index in [1.807, 2.05) is 67.1 Å². The summed E-state index contributed by atoms with van der Waals surface area (Å²) < 4.78 is 2.00. The van der Waals surface area contributed by atoms with Crippen LogP contribution < -0.4 is 5.32 Å². The number of nitrogens with one attached hydrogen (secondary N) is 1. The highest BCUT2D eigenvalue weighted by Gasteiger charge is 2.19. The zero-order chi connectivity index (χ0) is 20.2. The van der Waals surface area contributed by atoms with Gasteiger partial charge in [-0.25, -0.2) is 0 Å². The Bertz CT molecular complexity index is 1080. The largest absolute Gasteiger partial charge is 0.350 e. The molecule has 2 heterocycles. The van der Waals surface area contributed by atoms with Crippen LogP contribution in [0, 0.1) is 13.8 Å². The average Bonchev–Trinajstić information content (AvgIpc) is 3.39. The fourth-order valence-corrected chi connectivity index (χ4v) is 4.30. The Labute approximate surface area is 174 Å². The molecular weight excluding hydrogens is 378 g/mol. The Balaban J connectivity index is 1.49. The molecule has 29 heavy (non-hydrogen) atoms. The van der Waals surface area contributed by atoms with Gasteiger partial charge in [0.15, 0.2) is 0 Å². The molecule has 2 aromatic carbocycles. The van der Waals surface area contributed by atoms with E-state index in [0.717, 1.165) is 22.5 Å². The zero-order valence-corrected chi connectivity index (χ0v) is 17.3. The maximum atomic E-state index is 12.8. The number of rotatable bonds is 6. The molecule has 1 atom stereocenters. The number of nitrogens with zero attached hydrogens (tertiary/aromatic N) is 2. The zero-order valence-electron chi connectivity index (χ0n) is 16.5. The molecule has 4 nitrogen and oxygen atoms in total. The van der Waals surface area contributed by atoms with Crippen molar-refractivity contribution in [3.8, 4) is 11.1 Å². The second kappa shape index (κ2) is 8.45. The van der Waals surface area contributed by atoms with Crippen LogP contribution in [0.3, 0.4) is 0 Å². The van der Waals surface area contributed by atoms with Crippen molar-refractivity contribution in [2.75, 3.05) is 6.54 Å². The van der Waals surface area contributed by atoms with Crippen molar-refractivity contribution < 1.29 is 4.79 Å². The molecule has 5 heteroatoms. The van der Waals surface area contributed by atoms with E-state index >= 15 is 0 Å². The van der Waals surface area contributed by atoms with Gasteiger partial charge in [-0.1, -0.05) is 48.5 Å². The van der Waals surface area contributed by atoms with E-state index in [9.17, 15) is 4.79 Å². The highest BCUT2D eigenvalue weighted by atomic mass is 32.1. The first-order chi connectivity index (χ1) is 14.1. The van der Waals surface area contributed by atoms with Crippen LogP contribution in [0.2, 0.25) is 0 Å². The summed E-state index contributed by atoms with van der Waals surface area (Å²) in [7, 11) is 0. The van der Waals surface area contributed by atoms with E-state index in [-0.39, 0.29) is 11.9 Å². The summed E-state index contributed by atoms with van der Waals surface area (Å²) in [5.74, 6) is -0.0762. The van der Waals surface area contributed by atoms with Gasteiger partial charge in [0.2, 0.25) is 0 Å². The molecule has 2 aromatic heterocycles. The van der Waals surface area contributed by atoms with Gasteiger partial charge >= 0.3 is 0 Å². The normalized spacial score (nSPS) is 11.9. The first kappa shape index (κ1) is 19.2. The van der Waals surface area contributed by atoms with E-state index in [2.05, 4.69) is 40.1 Å². The molecule has 0 saturated heterocycles. The summed E-state index contributed by atoms with van der Waals surface area (Å²) in [5.41, 5.74) is 4.96. The molecule has 0 saturated carbocycles. The molecule has 146 valence electrons. The van der Waals surface area contributed by atoms with Crippen LogP contribution in [-0.4, -0.2) is 22.2 Å². The van der Waals surface area contributed by atoms with Crippen LogP contribution in [-0.2, 0) is 0 Å². The molecule has 0 bridgehead atoms. The second-order valence-electron chi connectivity index (χ2n) is 7.06. The van der Waals surface area contributed by atoms with Gasteiger partial charge in [-0.15, -0.1) is 11.3 Å². The van der Waals surface area contributed by atoms with Crippen molar-refractivity contribution in [2.45, 2.75) is 19.9 Å². The third-order valence-electron chi connectivity index (χ3n) is 4.92. The van der Waals surface area contributed by atoms with Gasteiger partial charge in [-0.05, 0) is 54.6 Å². The lowest BCUT2D eigenvalue weighted by molar-refractivity contribution is 0.0949. The van der Waals surface area contributed by atoms with Gasteiger partial charge < -0.3 is 5.32 Å². The number of aromatic nitrogens is 2. The summed E-state index contributed by atoms with van der Waals surface area (Å²) in [6.45, 7) is 4.52. The maximum Gasteiger partial charge on any atom is 0.251 e. The van der Waals surface area contributed by atoms with Crippen molar-refractivity contribution in [3.63, 3.8) is 0 Å². The van der Waals surface area contributed by atoms with Gasteiger partial charge in [0, 0.05) is 22.7 Å². The first-order valence-corrected chi connectivity index (χ1v) is 10.5. The molecule has 0 aliphatic carbocycles. The number of amides is 1. The maximum absolute atomic E-state index is 12.8. The van der Waals surface area contributed by atoms with E-state index in [4.69, 9.17) is 0 Å². The Kier molecular flexibility index (Phi) is 5.58. The van der Waals surface area contributed by atoms with Gasteiger partial charge in [0.25, 0.3) is 5.91 Å². The second-order valence-corrected chi connectivity index (χ2v) is 8.04. The monoisotopic (exact) mass is 401 g/mol. The van der Waals surface area contributed by atoms with E-state index in [1.54, 1.807) is 11.3 Å². The summed E-state index contributed by atoms with van der Waals surface area (Å²) in [6, 6.07) is 24.0. The molecular formula is C24H23N3OS.